The number of carbonyl (C=O) groups excluding carboxylic acids is 1. The maximum absolute atomic E-state index is 14.0. The van der Waals surface area contributed by atoms with E-state index in [-0.39, 0.29) is 24.7 Å². The van der Waals surface area contributed by atoms with Gasteiger partial charge in [0.05, 0.1) is 37.4 Å². The Bertz CT molecular complexity index is 1530. The van der Waals surface area contributed by atoms with Crippen LogP contribution in [-0.4, -0.2) is 31.4 Å². The van der Waals surface area contributed by atoms with E-state index < -0.39 is 0 Å². The first-order valence-electron chi connectivity index (χ1n) is 10.5. The molecular formula is C26H19NO6. The van der Waals surface area contributed by atoms with Gasteiger partial charge in [0.1, 0.15) is 0 Å². The van der Waals surface area contributed by atoms with Gasteiger partial charge in [0.2, 0.25) is 6.79 Å². The van der Waals surface area contributed by atoms with E-state index in [2.05, 4.69) is 0 Å². The molecule has 3 aromatic carbocycles. The van der Waals surface area contributed by atoms with Crippen LogP contribution in [0, 0.1) is 0 Å². The van der Waals surface area contributed by atoms with Crippen LogP contribution < -0.4 is 24.5 Å². The van der Waals surface area contributed by atoms with Gasteiger partial charge in [0.25, 0.3) is 5.56 Å². The molecular weight excluding hydrogens is 422 g/mol. The molecule has 0 unspecified atom stereocenters. The number of methoxy groups -OCH3 is 2. The molecule has 6 rings (SSSR count). The summed E-state index contributed by atoms with van der Waals surface area (Å²) in [6.45, 7) is 0.415. The SMILES string of the molecule is COc1ccc2c3c(n(Cc4ccc5c(c4)OCO5)c(=O)c2c1OC)-c1ccccc1C3=O. The highest BCUT2D eigenvalue weighted by atomic mass is 16.7. The summed E-state index contributed by atoms with van der Waals surface area (Å²) in [5.41, 5.74) is 3.01. The third-order valence-electron chi connectivity index (χ3n) is 6.21. The first kappa shape index (κ1) is 19.4. The van der Waals surface area contributed by atoms with E-state index in [1.54, 1.807) is 22.8 Å². The standard InChI is InChI=1S/C26H19NO6/c1-30-19-10-8-17-21-23(15-5-3-4-6-16(15)24(21)28)27(26(29)22(17)25(19)31-2)12-14-7-9-18-20(11-14)33-13-32-18/h3-11H,12-13H2,1-2H3. The molecule has 1 aliphatic heterocycles. The number of rotatable bonds is 4. The molecule has 1 aromatic heterocycles. The maximum Gasteiger partial charge on any atom is 0.263 e. The quantitative estimate of drug-likeness (QED) is 0.420. The number of aromatic nitrogens is 1. The minimum atomic E-state index is -0.262. The minimum Gasteiger partial charge on any atom is -0.493 e. The van der Waals surface area contributed by atoms with Crippen LogP contribution in [0.1, 0.15) is 21.5 Å². The van der Waals surface area contributed by atoms with Crippen molar-refractivity contribution in [3.05, 3.63) is 81.6 Å². The van der Waals surface area contributed by atoms with Crippen molar-refractivity contribution in [3.8, 4) is 34.3 Å². The number of nitrogens with zero attached hydrogens (tertiary/aromatic N) is 1. The fourth-order valence-electron chi connectivity index (χ4n) is 4.75. The second-order valence-corrected chi connectivity index (χ2v) is 7.90. The molecule has 33 heavy (non-hydrogen) atoms. The molecule has 0 saturated carbocycles. The van der Waals surface area contributed by atoms with Gasteiger partial charge >= 0.3 is 0 Å². The predicted molar refractivity (Wildman–Crippen MR) is 122 cm³/mol. The summed E-state index contributed by atoms with van der Waals surface area (Å²) >= 11 is 0. The van der Waals surface area contributed by atoms with Gasteiger partial charge in [0, 0.05) is 16.5 Å². The number of ether oxygens (including phenoxy) is 4. The third kappa shape index (κ3) is 2.68. The molecule has 0 amide bonds. The minimum absolute atomic E-state index is 0.114. The lowest BCUT2D eigenvalue weighted by Gasteiger charge is -2.18. The van der Waals surface area contributed by atoms with Crippen molar-refractivity contribution in [1.29, 1.82) is 0 Å². The van der Waals surface area contributed by atoms with E-state index in [0.717, 1.165) is 11.1 Å². The van der Waals surface area contributed by atoms with Crippen molar-refractivity contribution in [2.75, 3.05) is 21.0 Å². The highest BCUT2D eigenvalue weighted by molar-refractivity contribution is 6.27. The first-order chi connectivity index (χ1) is 16.1. The van der Waals surface area contributed by atoms with E-state index >= 15 is 0 Å². The van der Waals surface area contributed by atoms with Crippen LogP contribution in [0.15, 0.2) is 59.4 Å². The Labute approximate surface area is 188 Å². The molecule has 0 spiro atoms. The van der Waals surface area contributed by atoms with Crippen molar-refractivity contribution >= 4 is 16.6 Å². The van der Waals surface area contributed by atoms with Crippen LogP contribution in [-0.2, 0) is 6.54 Å². The van der Waals surface area contributed by atoms with Crippen molar-refractivity contribution < 1.29 is 23.7 Å². The lowest BCUT2D eigenvalue weighted by molar-refractivity contribution is 0.104. The summed E-state index contributed by atoms with van der Waals surface area (Å²) in [7, 11) is 3.01. The van der Waals surface area contributed by atoms with Gasteiger partial charge in [0.15, 0.2) is 28.8 Å². The number of fused-ring (bicyclic) bond motifs is 6. The lowest BCUT2D eigenvalue weighted by Crippen LogP contribution is -2.24. The summed E-state index contributed by atoms with van der Waals surface area (Å²) in [5.74, 6) is 1.93. The summed E-state index contributed by atoms with van der Waals surface area (Å²) < 4.78 is 23.6. The Balaban J connectivity index is 1.69. The van der Waals surface area contributed by atoms with Crippen LogP contribution in [0.3, 0.4) is 0 Å². The van der Waals surface area contributed by atoms with E-state index in [1.807, 2.05) is 36.4 Å². The summed E-state index contributed by atoms with van der Waals surface area (Å²) in [4.78, 5) is 27.5. The Hall–Kier alpha value is -4.26. The number of benzene rings is 3. The molecule has 0 saturated heterocycles. The van der Waals surface area contributed by atoms with Crippen molar-refractivity contribution in [2.45, 2.75) is 6.54 Å². The molecule has 2 aliphatic rings. The highest BCUT2D eigenvalue weighted by Gasteiger charge is 2.34. The van der Waals surface area contributed by atoms with Crippen LogP contribution in [0.2, 0.25) is 0 Å². The zero-order valence-corrected chi connectivity index (χ0v) is 18.0. The molecule has 0 fully saturated rings. The van der Waals surface area contributed by atoms with Gasteiger partial charge < -0.3 is 23.5 Å². The summed E-state index contributed by atoms with van der Waals surface area (Å²) in [6, 6.07) is 16.4. The molecule has 1 aliphatic carbocycles. The number of hydrogen-bond donors (Lipinski definition) is 0. The van der Waals surface area contributed by atoms with Gasteiger partial charge in [-0.15, -0.1) is 0 Å². The van der Waals surface area contributed by atoms with Gasteiger partial charge in [-0.2, -0.15) is 0 Å². The Morgan fingerprint density at radius 2 is 1.70 bits per heavy atom. The maximum atomic E-state index is 14.0. The van der Waals surface area contributed by atoms with Crippen LogP contribution in [0.25, 0.3) is 22.0 Å². The molecule has 0 N–H and O–H groups in total. The fraction of sp³-hybridized carbons (Fsp3) is 0.154. The molecule has 2 heterocycles. The Morgan fingerprint density at radius 1 is 0.909 bits per heavy atom. The average Bonchev–Trinajstić information content (AvgIpc) is 3.43. The second-order valence-electron chi connectivity index (χ2n) is 7.90. The van der Waals surface area contributed by atoms with Crippen LogP contribution in [0.4, 0.5) is 0 Å². The molecule has 0 atom stereocenters. The lowest BCUT2D eigenvalue weighted by atomic mass is 10.0. The van der Waals surface area contributed by atoms with Gasteiger partial charge in [-0.05, 0) is 29.8 Å². The molecule has 164 valence electrons. The zero-order valence-electron chi connectivity index (χ0n) is 18.0. The summed E-state index contributed by atoms with van der Waals surface area (Å²) in [5, 5.41) is 0.869. The molecule has 0 radical (unpaired) electrons. The monoisotopic (exact) mass is 441 g/mol. The Kier molecular flexibility index (Phi) is 4.20. The van der Waals surface area contributed by atoms with E-state index in [9.17, 15) is 9.59 Å². The largest absolute Gasteiger partial charge is 0.493 e. The second kappa shape index (κ2) is 7.13. The Morgan fingerprint density at radius 3 is 2.48 bits per heavy atom. The summed E-state index contributed by atoms with van der Waals surface area (Å²) in [6.07, 6.45) is 0. The fourth-order valence-corrected chi connectivity index (χ4v) is 4.75. The number of ketones is 1. The smallest absolute Gasteiger partial charge is 0.263 e. The van der Waals surface area contributed by atoms with Gasteiger partial charge in [-0.3, -0.25) is 9.59 Å². The third-order valence-corrected chi connectivity index (χ3v) is 6.21. The van der Waals surface area contributed by atoms with Crippen molar-refractivity contribution in [3.63, 3.8) is 0 Å². The average molecular weight is 441 g/mol. The molecule has 7 nitrogen and oxygen atoms in total. The molecule has 0 bridgehead atoms. The normalized spacial score (nSPS) is 13.2. The number of pyridine rings is 1. The predicted octanol–water partition coefficient (Wildman–Crippen LogP) is 4.01. The number of hydrogen-bond acceptors (Lipinski definition) is 6. The van der Waals surface area contributed by atoms with Crippen LogP contribution >= 0.6 is 0 Å². The van der Waals surface area contributed by atoms with Gasteiger partial charge in [-0.25, -0.2) is 0 Å². The molecule has 7 heteroatoms. The number of carbonyl (C=O) groups is 1. The topological polar surface area (TPSA) is 76.0 Å². The highest BCUT2D eigenvalue weighted by Crippen LogP contribution is 2.43. The van der Waals surface area contributed by atoms with Crippen molar-refractivity contribution in [1.82, 2.24) is 4.57 Å². The van der Waals surface area contributed by atoms with E-state index in [4.69, 9.17) is 18.9 Å². The molecule has 4 aromatic rings. The van der Waals surface area contributed by atoms with Gasteiger partial charge in [-0.1, -0.05) is 30.3 Å². The first-order valence-corrected chi connectivity index (χ1v) is 10.5. The van der Waals surface area contributed by atoms with Crippen molar-refractivity contribution in [2.24, 2.45) is 0 Å². The van der Waals surface area contributed by atoms with Crippen LogP contribution in [0.5, 0.6) is 23.0 Å². The van der Waals surface area contributed by atoms with E-state index in [1.165, 1.54) is 14.2 Å². The van der Waals surface area contributed by atoms with E-state index in [0.29, 0.717) is 50.6 Å². The zero-order chi connectivity index (χ0) is 22.7.